The predicted octanol–water partition coefficient (Wildman–Crippen LogP) is -0.0880. The Morgan fingerprint density at radius 1 is 1.62 bits per heavy atom. The van der Waals surface area contributed by atoms with Gasteiger partial charge in [-0.15, -0.1) is 0 Å². The van der Waals surface area contributed by atoms with Crippen LogP contribution in [-0.4, -0.2) is 28.8 Å². The van der Waals surface area contributed by atoms with Crippen molar-refractivity contribution in [2.75, 3.05) is 6.61 Å². The van der Waals surface area contributed by atoms with E-state index < -0.39 is 23.7 Å². The number of ether oxygens (including phenoxy) is 1. The Labute approximate surface area is 76.9 Å². The highest BCUT2D eigenvalue weighted by molar-refractivity contribution is 8.18. The molecule has 0 atom stereocenters. The fourth-order valence-corrected chi connectivity index (χ4v) is 1.20. The Hall–Kier alpha value is -1.50. The SMILES string of the molecule is O=C(O)COC=C1SC(=O)NC1=O. The predicted molar refractivity (Wildman–Crippen MR) is 42.8 cm³/mol. The first-order valence-corrected chi connectivity index (χ1v) is 3.98. The standard InChI is InChI=1S/C6H5NO5S/c8-4(9)2-12-1-3-5(10)7-6(11)13-3/h1H,2H2,(H,8,9)(H,7,10,11). The third-order valence-corrected chi connectivity index (χ3v) is 1.83. The molecule has 0 aromatic heterocycles. The van der Waals surface area contributed by atoms with Crippen molar-refractivity contribution < 1.29 is 24.2 Å². The second kappa shape index (κ2) is 3.94. The van der Waals surface area contributed by atoms with E-state index >= 15 is 0 Å². The maximum absolute atomic E-state index is 10.8. The maximum atomic E-state index is 10.8. The molecule has 70 valence electrons. The van der Waals surface area contributed by atoms with E-state index in [-0.39, 0.29) is 4.91 Å². The Morgan fingerprint density at radius 3 is 2.77 bits per heavy atom. The highest BCUT2D eigenvalue weighted by Crippen LogP contribution is 2.22. The fraction of sp³-hybridized carbons (Fsp3) is 0.167. The van der Waals surface area contributed by atoms with E-state index in [1.165, 1.54) is 0 Å². The van der Waals surface area contributed by atoms with Crippen LogP contribution in [0.4, 0.5) is 4.79 Å². The molecule has 1 saturated heterocycles. The van der Waals surface area contributed by atoms with Gasteiger partial charge in [-0.05, 0) is 11.8 Å². The largest absolute Gasteiger partial charge is 0.488 e. The minimum Gasteiger partial charge on any atom is -0.488 e. The summed E-state index contributed by atoms with van der Waals surface area (Å²) in [6.07, 6.45) is 0.957. The van der Waals surface area contributed by atoms with Crippen LogP contribution >= 0.6 is 11.8 Å². The van der Waals surface area contributed by atoms with Crippen molar-refractivity contribution in [1.29, 1.82) is 0 Å². The number of rotatable bonds is 3. The molecule has 0 radical (unpaired) electrons. The zero-order valence-electron chi connectivity index (χ0n) is 6.27. The summed E-state index contributed by atoms with van der Waals surface area (Å²) in [5.74, 6) is -1.72. The molecule has 6 nitrogen and oxygen atoms in total. The van der Waals surface area contributed by atoms with Gasteiger partial charge < -0.3 is 9.84 Å². The highest BCUT2D eigenvalue weighted by Gasteiger charge is 2.25. The van der Waals surface area contributed by atoms with Crippen molar-refractivity contribution in [3.05, 3.63) is 11.2 Å². The third-order valence-electron chi connectivity index (χ3n) is 1.04. The van der Waals surface area contributed by atoms with Gasteiger partial charge in [-0.2, -0.15) is 0 Å². The van der Waals surface area contributed by atoms with E-state index in [9.17, 15) is 14.4 Å². The van der Waals surface area contributed by atoms with Crippen molar-refractivity contribution in [2.24, 2.45) is 0 Å². The molecule has 0 saturated carbocycles. The van der Waals surface area contributed by atoms with E-state index in [2.05, 4.69) is 4.74 Å². The van der Waals surface area contributed by atoms with Gasteiger partial charge in [0.05, 0.1) is 0 Å². The number of thioether (sulfide) groups is 1. The molecule has 0 spiro atoms. The first-order valence-electron chi connectivity index (χ1n) is 3.16. The van der Waals surface area contributed by atoms with Gasteiger partial charge >= 0.3 is 5.97 Å². The van der Waals surface area contributed by atoms with E-state index in [0.29, 0.717) is 11.8 Å². The smallest absolute Gasteiger partial charge is 0.341 e. The van der Waals surface area contributed by atoms with Crippen molar-refractivity contribution in [2.45, 2.75) is 0 Å². The van der Waals surface area contributed by atoms with Crippen LogP contribution in [-0.2, 0) is 14.3 Å². The summed E-state index contributed by atoms with van der Waals surface area (Å²) < 4.78 is 4.50. The zero-order valence-corrected chi connectivity index (χ0v) is 7.09. The normalized spacial score (nSPS) is 18.9. The number of nitrogens with one attached hydrogen (secondary N) is 1. The Morgan fingerprint density at radius 2 is 2.31 bits per heavy atom. The second-order valence-corrected chi connectivity index (χ2v) is 3.05. The molecule has 1 fully saturated rings. The number of carbonyl (C=O) groups is 3. The number of carboxylic acids is 1. The van der Waals surface area contributed by atoms with Crippen LogP contribution in [0.2, 0.25) is 0 Å². The van der Waals surface area contributed by atoms with Crippen LogP contribution in [0.3, 0.4) is 0 Å². The number of aliphatic carboxylic acids is 1. The Bertz CT molecular complexity index is 297. The van der Waals surface area contributed by atoms with Gasteiger partial charge in [0.1, 0.15) is 11.2 Å². The van der Waals surface area contributed by atoms with Crippen molar-refractivity contribution in [3.8, 4) is 0 Å². The summed E-state index contributed by atoms with van der Waals surface area (Å²) >= 11 is 0.669. The Kier molecular flexibility index (Phi) is 2.91. The molecule has 0 aliphatic carbocycles. The topological polar surface area (TPSA) is 92.7 Å². The summed E-state index contributed by atoms with van der Waals surface area (Å²) in [5, 5.41) is 9.68. The lowest BCUT2D eigenvalue weighted by Gasteiger charge is -1.94. The van der Waals surface area contributed by atoms with Gasteiger partial charge in [0.2, 0.25) is 0 Å². The quantitative estimate of drug-likeness (QED) is 0.492. The number of hydrogen-bond acceptors (Lipinski definition) is 5. The summed E-state index contributed by atoms with van der Waals surface area (Å²) in [4.78, 5) is 31.4. The van der Waals surface area contributed by atoms with Crippen LogP contribution in [0.1, 0.15) is 0 Å². The summed E-state index contributed by atoms with van der Waals surface area (Å²) in [6, 6.07) is 0. The van der Waals surface area contributed by atoms with Crippen LogP contribution in [0.25, 0.3) is 0 Å². The summed E-state index contributed by atoms with van der Waals surface area (Å²) in [6.45, 7) is -0.536. The van der Waals surface area contributed by atoms with Gasteiger partial charge in [0, 0.05) is 0 Å². The van der Waals surface area contributed by atoms with E-state index in [1.807, 2.05) is 5.32 Å². The molecule has 1 aliphatic rings. The average molecular weight is 203 g/mol. The van der Waals surface area contributed by atoms with Gasteiger partial charge in [-0.3, -0.25) is 14.9 Å². The number of imide groups is 1. The lowest BCUT2D eigenvalue weighted by Crippen LogP contribution is -2.18. The maximum Gasteiger partial charge on any atom is 0.341 e. The van der Waals surface area contributed by atoms with Crippen LogP contribution in [0.5, 0.6) is 0 Å². The lowest BCUT2D eigenvalue weighted by molar-refractivity contribution is -0.140. The number of amides is 2. The number of carboxylic acid groups (broad SMARTS) is 1. The van der Waals surface area contributed by atoms with Gasteiger partial charge in [-0.1, -0.05) is 0 Å². The van der Waals surface area contributed by atoms with Gasteiger partial charge in [-0.25, -0.2) is 4.79 Å². The van der Waals surface area contributed by atoms with Gasteiger partial charge in [0.15, 0.2) is 6.61 Å². The molecule has 0 bridgehead atoms. The van der Waals surface area contributed by atoms with E-state index in [4.69, 9.17) is 5.11 Å². The van der Waals surface area contributed by atoms with E-state index in [0.717, 1.165) is 6.26 Å². The second-order valence-electron chi connectivity index (χ2n) is 2.03. The summed E-state index contributed by atoms with van der Waals surface area (Å²) in [7, 11) is 0. The molecular weight excluding hydrogens is 198 g/mol. The first kappa shape index (κ1) is 9.59. The lowest BCUT2D eigenvalue weighted by atomic mass is 10.6. The number of hydrogen-bond donors (Lipinski definition) is 2. The van der Waals surface area contributed by atoms with Crippen LogP contribution in [0.15, 0.2) is 11.2 Å². The molecule has 2 amide bonds. The molecule has 0 aromatic carbocycles. The molecule has 1 aliphatic heterocycles. The molecular formula is C6H5NO5S. The van der Waals surface area contributed by atoms with Crippen molar-refractivity contribution >= 4 is 28.9 Å². The van der Waals surface area contributed by atoms with Crippen molar-refractivity contribution in [3.63, 3.8) is 0 Å². The van der Waals surface area contributed by atoms with E-state index in [1.54, 1.807) is 0 Å². The van der Waals surface area contributed by atoms with Crippen molar-refractivity contribution in [1.82, 2.24) is 5.32 Å². The number of carbonyl (C=O) groups excluding carboxylic acids is 2. The molecule has 0 unspecified atom stereocenters. The molecule has 1 rings (SSSR count). The minimum atomic E-state index is -1.15. The molecule has 0 aromatic rings. The molecule has 2 N–H and O–H groups in total. The third kappa shape index (κ3) is 2.79. The zero-order chi connectivity index (χ0) is 9.84. The highest BCUT2D eigenvalue weighted by atomic mass is 32.2. The average Bonchev–Trinajstić information content (AvgIpc) is 2.29. The van der Waals surface area contributed by atoms with Gasteiger partial charge in [0.25, 0.3) is 11.1 Å². The first-order chi connectivity index (χ1) is 6.09. The summed E-state index contributed by atoms with van der Waals surface area (Å²) in [5.41, 5.74) is 0. The van der Waals surface area contributed by atoms with Crippen LogP contribution < -0.4 is 5.32 Å². The molecule has 13 heavy (non-hydrogen) atoms. The molecule has 1 heterocycles. The Balaban J connectivity index is 2.47. The van der Waals surface area contributed by atoms with Crippen LogP contribution in [0, 0.1) is 0 Å². The monoisotopic (exact) mass is 203 g/mol. The fourth-order valence-electron chi connectivity index (χ4n) is 0.592. The minimum absolute atomic E-state index is 0.0613. The molecule has 7 heteroatoms.